The summed E-state index contributed by atoms with van der Waals surface area (Å²) in [4.78, 5) is 21.8. The smallest absolute Gasteiger partial charge is 0.303 e. The van der Waals surface area contributed by atoms with E-state index >= 15 is 0 Å². The monoisotopic (exact) mass is 233 g/mol. The second-order valence-corrected chi connectivity index (χ2v) is 4.33. The second-order valence-electron chi connectivity index (χ2n) is 4.33. The Balaban J connectivity index is 4.12. The van der Waals surface area contributed by atoms with Gasteiger partial charge >= 0.3 is 5.97 Å². The van der Waals surface area contributed by atoms with Gasteiger partial charge in [-0.15, -0.1) is 0 Å². The summed E-state index contributed by atoms with van der Waals surface area (Å²) < 4.78 is 0. The van der Waals surface area contributed by atoms with Crippen LogP contribution in [-0.2, 0) is 9.59 Å². The minimum atomic E-state index is -1.06. The number of carboxylic acids is 1. The van der Waals surface area contributed by atoms with Gasteiger partial charge in [0.1, 0.15) is 0 Å². The molecule has 0 aromatic carbocycles. The van der Waals surface area contributed by atoms with Crippen molar-refractivity contribution in [3.05, 3.63) is 0 Å². The topological polar surface area (TPSA) is 107 Å². The third kappa shape index (κ3) is 5.67. The van der Waals surface area contributed by atoms with Crippen molar-refractivity contribution in [3.8, 4) is 0 Å². The van der Waals surface area contributed by atoms with Gasteiger partial charge in [-0.25, -0.2) is 0 Å². The summed E-state index contributed by atoms with van der Waals surface area (Å²) in [5.41, 5.74) is -1.06. The average molecular weight is 233 g/mol. The van der Waals surface area contributed by atoms with Crippen LogP contribution in [0.5, 0.6) is 0 Å². The highest BCUT2D eigenvalue weighted by molar-refractivity contribution is 5.78. The number of aliphatic carboxylic acids is 1. The first-order valence-electron chi connectivity index (χ1n) is 5.07. The van der Waals surface area contributed by atoms with Crippen LogP contribution < -0.4 is 5.32 Å². The van der Waals surface area contributed by atoms with Gasteiger partial charge in [-0.1, -0.05) is 6.92 Å². The predicted octanol–water partition coefficient (Wildman–Crippen LogP) is -0.653. The van der Waals surface area contributed by atoms with Crippen LogP contribution in [0.2, 0.25) is 0 Å². The molecule has 0 aromatic heterocycles. The molecular weight excluding hydrogens is 214 g/mol. The van der Waals surface area contributed by atoms with Crippen LogP contribution in [0.25, 0.3) is 0 Å². The third-order valence-corrected chi connectivity index (χ3v) is 2.20. The van der Waals surface area contributed by atoms with Crippen molar-refractivity contribution in [2.45, 2.75) is 32.2 Å². The highest BCUT2D eigenvalue weighted by Gasteiger charge is 2.25. The molecule has 1 unspecified atom stereocenters. The van der Waals surface area contributed by atoms with E-state index < -0.39 is 11.5 Å². The highest BCUT2D eigenvalue weighted by atomic mass is 16.4. The van der Waals surface area contributed by atoms with Gasteiger partial charge in [-0.05, 0) is 12.8 Å². The third-order valence-electron chi connectivity index (χ3n) is 2.20. The average Bonchev–Trinajstić information content (AvgIpc) is 2.15. The molecule has 16 heavy (non-hydrogen) atoms. The van der Waals surface area contributed by atoms with Crippen molar-refractivity contribution in [1.82, 2.24) is 5.32 Å². The molecule has 4 N–H and O–H groups in total. The van der Waals surface area contributed by atoms with Gasteiger partial charge in [0.15, 0.2) is 0 Å². The van der Waals surface area contributed by atoms with E-state index in [1.54, 1.807) is 6.92 Å². The quantitative estimate of drug-likeness (QED) is 0.467. The number of hydrogen-bond donors (Lipinski definition) is 4. The van der Waals surface area contributed by atoms with Crippen molar-refractivity contribution < 1.29 is 24.9 Å². The van der Waals surface area contributed by atoms with E-state index in [1.807, 2.05) is 0 Å². The molecule has 0 aliphatic carbocycles. The first-order chi connectivity index (χ1) is 7.33. The van der Waals surface area contributed by atoms with E-state index in [2.05, 4.69) is 5.32 Å². The number of carbonyl (C=O) groups excluding carboxylic acids is 1. The van der Waals surface area contributed by atoms with E-state index in [0.717, 1.165) is 0 Å². The Labute approximate surface area is 94.3 Å². The summed E-state index contributed by atoms with van der Waals surface area (Å²) in [6.45, 7) is 2.42. The highest BCUT2D eigenvalue weighted by Crippen LogP contribution is 2.09. The molecule has 0 rings (SSSR count). The van der Waals surface area contributed by atoms with Crippen LogP contribution in [0.1, 0.15) is 26.7 Å². The molecular formula is C10H19NO5. The summed E-state index contributed by atoms with van der Waals surface area (Å²) in [5, 5.41) is 28.9. The summed E-state index contributed by atoms with van der Waals surface area (Å²) >= 11 is 0. The van der Waals surface area contributed by atoms with Gasteiger partial charge in [-0.3, -0.25) is 9.59 Å². The lowest BCUT2D eigenvalue weighted by atomic mass is 10.0. The van der Waals surface area contributed by atoms with E-state index in [4.69, 9.17) is 15.3 Å². The largest absolute Gasteiger partial charge is 0.481 e. The number of hydrogen-bond acceptors (Lipinski definition) is 4. The van der Waals surface area contributed by atoms with E-state index in [1.165, 1.54) is 6.92 Å². The number of nitrogens with one attached hydrogen (secondary N) is 1. The predicted molar refractivity (Wildman–Crippen MR) is 56.8 cm³/mol. The molecule has 94 valence electrons. The second kappa shape index (κ2) is 6.44. The molecule has 6 nitrogen and oxygen atoms in total. The molecule has 0 fully saturated rings. The fourth-order valence-corrected chi connectivity index (χ4v) is 1.20. The van der Waals surface area contributed by atoms with Gasteiger partial charge in [-0.2, -0.15) is 0 Å². The molecule has 0 radical (unpaired) electrons. The number of carbonyl (C=O) groups is 2. The molecule has 6 heteroatoms. The van der Waals surface area contributed by atoms with Crippen LogP contribution in [0.4, 0.5) is 0 Å². The maximum absolute atomic E-state index is 11.4. The SMILES string of the molecule is CC(CC(=O)O)CC(=O)NC(C)(CO)CO. The van der Waals surface area contributed by atoms with Crippen molar-refractivity contribution >= 4 is 11.9 Å². The van der Waals surface area contributed by atoms with Gasteiger partial charge in [0.2, 0.25) is 5.91 Å². The molecule has 1 amide bonds. The molecule has 0 aliphatic rings. The van der Waals surface area contributed by atoms with Crippen LogP contribution in [0, 0.1) is 5.92 Å². The van der Waals surface area contributed by atoms with E-state index in [-0.39, 0.29) is 37.9 Å². The fraction of sp³-hybridized carbons (Fsp3) is 0.800. The van der Waals surface area contributed by atoms with E-state index in [9.17, 15) is 9.59 Å². The lowest BCUT2D eigenvalue weighted by molar-refractivity contribution is -0.138. The molecule has 0 aliphatic heterocycles. The summed E-state index contributed by atoms with van der Waals surface area (Å²) in [6.07, 6.45) is -0.0235. The van der Waals surface area contributed by atoms with Crippen molar-refractivity contribution in [1.29, 1.82) is 0 Å². The van der Waals surface area contributed by atoms with Crippen molar-refractivity contribution in [2.75, 3.05) is 13.2 Å². The summed E-state index contributed by atoms with van der Waals surface area (Å²) in [7, 11) is 0. The lowest BCUT2D eigenvalue weighted by Crippen LogP contribution is -2.52. The Morgan fingerprint density at radius 3 is 2.12 bits per heavy atom. The number of carboxylic acid groups (broad SMARTS) is 1. The van der Waals surface area contributed by atoms with Crippen LogP contribution in [0.3, 0.4) is 0 Å². The van der Waals surface area contributed by atoms with Gasteiger partial charge in [0.05, 0.1) is 18.8 Å². The Bertz CT molecular complexity index is 250. The normalized spacial score (nSPS) is 13.2. The number of aliphatic hydroxyl groups excluding tert-OH is 2. The first-order valence-corrected chi connectivity index (χ1v) is 5.07. The van der Waals surface area contributed by atoms with Crippen molar-refractivity contribution in [3.63, 3.8) is 0 Å². The maximum Gasteiger partial charge on any atom is 0.303 e. The zero-order valence-electron chi connectivity index (χ0n) is 9.56. The molecule has 0 bridgehead atoms. The zero-order chi connectivity index (χ0) is 12.8. The molecule has 0 saturated heterocycles. The maximum atomic E-state index is 11.4. The Morgan fingerprint density at radius 1 is 1.25 bits per heavy atom. The van der Waals surface area contributed by atoms with Crippen LogP contribution in [0.15, 0.2) is 0 Å². The Kier molecular flexibility index (Phi) is 5.98. The minimum Gasteiger partial charge on any atom is -0.481 e. The van der Waals surface area contributed by atoms with Crippen LogP contribution in [-0.4, -0.2) is 45.9 Å². The van der Waals surface area contributed by atoms with Gasteiger partial charge in [0, 0.05) is 12.8 Å². The summed E-state index contributed by atoms with van der Waals surface area (Å²) in [6, 6.07) is 0. The van der Waals surface area contributed by atoms with Crippen molar-refractivity contribution in [2.24, 2.45) is 5.92 Å². The number of aliphatic hydroxyl groups is 2. The van der Waals surface area contributed by atoms with Gasteiger partial charge in [0.25, 0.3) is 0 Å². The molecule has 0 heterocycles. The Hall–Kier alpha value is -1.14. The standard InChI is InChI=1S/C10H19NO5/c1-7(4-9(15)16)3-8(14)11-10(2,5-12)6-13/h7,12-13H,3-6H2,1-2H3,(H,11,14)(H,15,16). The molecule has 0 spiro atoms. The molecule has 0 aromatic rings. The minimum absolute atomic E-state index is 0.0574. The molecule has 0 saturated carbocycles. The van der Waals surface area contributed by atoms with Crippen LogP contribution >= 0.6 is 0 Å². The van der Waals surface area contributed by atoms with Gasteiger partial charge < -0.3 is 20.6 Å². The Morgan fingerprint density at radius 2 is 1.75 bits per heavy atom. The van der Waals surface area contributed by atoms with E-state index in [0.29, 0.717) is 0 Å². The number of rotatable bonds is 7. The molecule has 1 atom stereocenters. The first kappa shape index (κ1) is 14.9. The fourth-order valence-electron chi connectivity index (χ4n) is 1.20. The lowest BCUT2D eigenvalue weighted by Gasteiger charge is -2.26. The number of amides is 1. The summed E-state index contributed by atoms with van der Waals surface area (Å²) in [5.74, 6) is -1.61. The zero-order valence-corrected chi connectivity index (χ0v) is 9.56.